The van der Waals surface area contributed by atoms with E-state index in [0.29, 0.717) is 5.69 Å². The fourth-order valence-corrected chi connectivity index (χ4v) is 1.32. The molecule has 0 unspecified atom stereocenters. The SMILES string of the molecule is N#Cc1ccnc(Nc2ccc(F)cc2C#N)n1. The minimum absolute atomic E-state index is 0.140. The summed E-state index contributed by atoms with van der Waals surface area (Å²) in [5.74, 6) is -0.319. The summed E-state index contributed by atoms with van der Waals surface area (Å²) in [6.45, 7) is 0. The molecule has 0 saturated heterocycles. The summed E-state index contributed by atoms with van der Waals surface area (Å²) >= 11 is 0. The van der Waals surface area contributed by atoms with Crippen molar-refractivity contribution in [2.75, 3.05) is 5.32 Å². The zero-order valence-corrected chi connectivity index (χ0v) is 9.05. The van der Waals surface area contributed by atoms with Crippen molar-refractivity contribution in [1.82, 2.24) is 9.97 Å². The molecular weight excluding hydrogens is 233 g/mol. The average Bonchev–Trinajstić information content (AvgIpc) is 2.41. The maximum absolute atomic E-state index is 12.9. The van der Waals surface area contributed by atoms with Gasteiger partial charge < -0.3 is 5.32 Å². The van der Waals surface area contributed by atoms with Gasteiger partial charge >= 0.3 is 0 Å². The van der Waals surface area contributed by atoms with Crippen LogP contribution in [0.15, 0.2) is 30.5 Å². The Morgan fingerprint density at radius 1 is 1.17 bits per heavy atom. The zero-order chi connectivity index (χ0) is 13.0. The molecule has 2 aromatic rings. The van der Waals surface area contributed by atoms with E-state index in [2.05, 4.69) is 15.3 Å². The number of benzene rings is 1. The lowest BCUT2D eigenvalue weighted by Gasteiger charge is -2.06. The fourth-order valence-electron chi connectivity index (χ4n) is 1.32. The van der Waals surface area contributed by atoms with Gasteiger partial charge in [-0.25, -0.2) is 14.4 Å². The van der Waals surface area contributed by atoms with Gasteiger partial charge in [-0.1, -0.05) is 0 Å². The van der Waals surface area contributed by atoms with Crippen LogP contribution in [0.4, 0.5) is 16.0 Å². The number of nitriles is 2. The highest BCUT2D eigenvalue weighted by Gasteiger charge is 2.06. The van der Waals surface area contributed by atoms with Crippen LogP contribution in [0.1, 0.15) is 11.3 Å². The van der Waals surface area contributed by atoms with Gasteiger partial charge in [0.15, 0.2) is 0 Å². The summed E-state index contributed by atoms with van der Waals surface area (Å²) < 4.78 is 12.9. The van der Waals surface area contributed by atoms with Crippen LogP contribution in [0, 0.1) is 28.5 Å². The molecule has 0 saturated carbocycles. The maximum atomic E-state index is 12.9. The van der Waals surface area contributed by atoms with Crippen molar-refractivity contribution in [3.8, 4) is 12.1 Å². The van der Waals surface area contributed by atoms with Crippen LogP contribution in [-0.4, -0.2) is 9.97 Å². The Morgan fingerprint density at radius 3 is 2.72 bits per heavy atom. The molecule has 0 radical (unpaired) electrons. The summed E-state index contributed by atoms with van der Waals surface area (Å²) in [5, 5.41) is 20.3. The van der Waals surface area contributed by atoms with E-state index in [0.717, 1.165) is 6.07 Å². The molecule has 18 heavy (non-hydrogen) atoms. The molecule has 0 aliphatic carbocycles. The predicted molar refractivity (Wildman–Crippen MR) is 61.1 cm³/mol. The van der Waals surface area contributed by atoms with E-state index in [1.807, 2.05) is 12.1 Å². The molecule has 0 aliphatic rings. The molecule has 1 aromatic heterocycles. The van der Waals surface area contributed by atoms with Gasteiger partial charge in [0, 0.05) is 6.20 Å². The lowest BCUT2D eigenvalue weighted by molar-refractivity contribution is 0.627. The molecule has 5 nitrogen and oxygen atoms in total. The Bertz CT molecular complexity index is 669. The van der Waals surface area contributed by atoms with Gasteiger partial charge in [0.1, 0.15) is 23.6 Å². The van der Waals surface area contributed by atoms with Gasteiger partial charge in [0.25, 0.3) is 0 Å². The third-order valence-electron chi connectivity index (χ3n) is 2.12. The Balaban J connectivity index is 2.35. The van der Waals surface area contributed by atoms with Gasteiger partial charge in [-0.15, -0.1) is 0 Å². The van der Waals surface area contributed by atoms with E-state index >= 15 is 0 Å². The van der Waals surface area contributed by atoms with Gasteiger partial charge in [-0.2, -0.15) is 10.5 Å². The first-order valence-electron chi connectivity index (χ1n) is 4.93. The number of nitrogens with one attached hydrogen (secondary N) is 1. The lowest BCUT2D eigenvalue weighted by atomic mass is 10.2. The highest BCUT2D eigenvalue weighted by Crippen LogP contribution is 2.19. The predicted octanol–water partition coefficient (Wildman–Crippen LogP) is 2.10. The Kier molecular flexibility index (Phi) is 3.13. The van der Waals surface area contributed by atoms with Crippen molar-refractivity contribution in [1.29, 1.82) is 10.5 Å². The maximum Gasteiger partial charge on any atom is 0.228 e. The number of hydrogen-bond acceptors (Lipinski definition) is 5. The summed E-state index contributed by atoms with van der Waals surface area (Å²) in [6, 6.07) is 8.94. The molecule has 86 valence electrons. The third-order valence-corrected chi connectivity index (χ3v) is 2.12. The van der Waals surface area contributed by atoms with E-state index in [-0.39, 0.29) is 17.2 Å². The minimum Gasteiger partial charge on any atom is -0.323 e. The number of aromatic nitrogens is 2. The zero-order valence-electron chi connectivity index (χ0n) is 9.05. The number of rotatable bonds is 2. The first kappa shape index (κ1) is 11.5. The molecule has 0 atom stereocenters. The second kappa shape index (κ2) is 4.89. The molecule has 0 bridgehead atoms. The lowest BCUT2D eigenvalue weighted by Crippen LogP contribution is -2.00. The molecule has 0 spiro atoms. The van der Waals surface area contributed by atoms with E-state index in [4.69, 9.17) is 10.5 Å². The van der Waals surface area contributed by atoms with Crippen LogP contribution in [0.2, 0.25) is 0 Å². The first-order chi connectivity index (χ1) is 8.72. The summed E-state index contributed by atoms with van der Waals surface area (Å²) in [6.07, 6.45) is 1.42. The smallest absolute Gasteiger partial charge is 0.228 e. The molecule has 1 N–H and O–H groups in total. The van der Waals surface area contributed by atoms with Crippen LogP contribution in [-0.2, 0) is 0 Å². The molecule has 0 amide bonds. The van der Waals surface area contributed by atoms with Crippen molar-refractivity contribution in [3.63, 3.8) is 0 Å². The Morgan fingerprint density at radius 2 is 2.00 bits per heavy atom. The monoisotopic (exact) mass is 239 g/mol. The fraction of sp³-hybridized carbons (Fsp3) is 0. The molecule has 1 aromatic carbocycles. The van der Waals surface area contributed by atoms with Crippen molar-refractivity contribution in [3.05, 3.63) is 47.5 Å². The molecule has 6 heteroatoms. The highest BCUT2D eigenvalue weighted by molar-refractivity contribution is 5.62. The van der Waals surface area contributed by atoms with Crippen LogP contribution < -0.4 is 5.32 Å². The number of nitrogens with zero attached hydrogens (tertiary/aromatic N) is 4. The molecule has 2 rings (SSSR count). The van der Waals surface area contributed by atoms with Crippen molar-refractivity contribution in [2.45, 2.75) is 0 Å². The first-order valence-corrected chi connectivity index (χ1v) is 4.93. The minimum atomic E-state index is -0.496. The largest absolute Gasteiger partial charge is 0.323 e. The van der Waals surface area contributed by atoms with Gasteiger partial charge in [0.2, 0.25) is 5.95 Å². The summed E-state index contributed by atoms with van der Waals surface area (Å²) in [7, 11) is 0. The highest BCUT2D eigenvalue weighted by atomic mass is 19.1. The van der Waals surface area contributed by atoms with E-state index < -0.39 is 5.82 Å². The quantitative estimate of drug-likeness (QED) is 0.867. The van der Waals surface area contributed by atoms with E-state index in [9.17, 15) is 4.39 Å². The van der Waals surface area contributed by atoms with Crippen LogP contribution in [0.25, 0.3) is 0 Å². The van der Waals surface area contributed by atoms with Gasteiger partial charge in [0.05, 0.1) is 11.3 Å². The molecule has 1 heterocycles. The third kappa shape index (κ3) is 2.39. The normalized spacial score (nSPS) is 9.28. The second-order valence-corrected chi connectivity index (χ2v) is 3.30. The van der Waals surface area contributed by atoms with Crippen molar-refractivity contribution in [2.24, 2.45) is 0 Å². The van der Waals surface area contributed by atoms with Crippen LogP contribution in [0.5, 0.6) is 0 Å². The summed E-state index contributed by atoms with van der Waals surface area (Å²) in [5.41, 5.74) is 0.725. The van der Waals surface area contributed by atoms with E-state index in [1.54, 1.807) is 0 Å². The van der Waals surface area contributed by atoms with Crippen LogP contribution >= 0.6 is 0 Å². The van der Waals surface area contributed by atoms with Crippen molar-refractivity contribution < 1.29 is 4.39 Å². The molecular formula is C12H6FN5. The average molecular weight is 239 g/mol. The van der Waals surface area contributed by atoms with Crippen LogP contribution in [0.3, 0.4) is 0 Å². The number of anilines is 2. The second-order valence-electron chi connectivity index (χ2n) is 3.30. The van der Waals surface area contributed by atoms with E-state index in [1.165, 1.54) is 24.4 Å². The van der Waals surface area contributed by atoms with Gasteiger partial charge in [-0.3, -0.25) is 0 Å². The van der Waals surface area contributed by atoms with Gasteiger partial charge in [-0.05, 0) is 24.3 Å². The molecule has 0 fully saturated rings. The summed E-state index contributed by atoms with van der Waals surface area (Å²) in [4.78, 5) is 7.80. The van der Waals surface area contributed by atoms with Crippen molar-refractivity contribution >= 4 is 11.6 Å². The Hall–Kier alpha value is -2.99. The topological polar surface area (TPSA) is 85.4 Å². The molecule has 0 aliphatic heterocycles. The number of halogens is 1. The standard InChI is InChI=1S/C12H6FN5/c13-9-1-2-11(8(5-9)6-14)18-12-16-4-3-10(7-15)17-12/h1-5H,(H,16,17,18). The number of hydrogen-bond donors (Lipinski definition) is 1. The Labute approximate surface area is 102 Å².